The van der Waals surface area contributed by atoms with Gasteiger partial charge in [0.2, 0.25) is 15.9 Å². The molecular weight excluding hydrogens is 394 g/mol. The van der Waals surface area contributed by atoms with Crippen LogP contribution >= 0.6 is 11.3 Å². The minimum Gasteiger partial charge on any atom is -0.326 e. The van der Waals surface area contributed by atoms with Crippen molar-refractivity contribution in [1.82, 2.24) is 9.71 Å². The lowest BCUT2D eigenvalue weighted by molar-refractivity contribution is -0.116. The van der Waals surface area contributed by atoms with E-state index in [1.54, 1.807) is 35.6 Å². The number of rotatable bonds is 9. The summed E-state index contributed by atoms with van der Waals surface area (Å²) < 4.78 is 27.3. The molecule has 6 nitrogen and oxygen atoms in total. The monoisotopic (exact) mass is 415 g/mol. The van der Waals surface area contributed by atoms with E-state index in [4.69, 9.17) is 0 Å². The predicted molar refractivity (Wildman–Crippen MR) is 114 cm³/mol. The van der Waals surface area contributed by atoms with Gasteiger partial charge in [-0.2, -0.15) is 0 Å². The minimum absolute atomic E-state index is 0.104. The molecule has 1 heterocycles. The van der Waals surface area contributed by atoms with Crippen LogP contribution in [0.1, 0.15) is 17.0 Å². The average molecular weight is 416 g/mol. The van der Waals surface area contributed by atoms with Gasteiger partial charge in [-0.25, -0.2) is 18.1 Å². The van der Waals surface area contributed by atoms with Gasteiger partial charge in [-0.05, 0) is 29.8 Å². The molecule has 28 heavy (non-hydrogen) atoms. The van der Waals surface area contributed by atoms with E-state index in [9.17, 15) is 13.2 Å². The second kappa shape index (κ2) is 9.09. The summed E-state index contributed by atoms with van der Waals surface area (Å²) in [7, 11) is -3.40. The van der Waals surface area contributed by atoms with Crippen LogP contribution in [0.15, 0.2) is 61.2 Å². The van der Waals surface area contributed by atoms with Gasteiger partial charge >= 0.3 is 0 Å². The van der Waals surface area contributed by atoms with Gasteiger partial charge < -0.3 is 5.32 Å². The molecule has 3 rings (SSSR count). The Morgan fingerprint density at radius 1 is 1.14 bits per heavy atom. The number of thiazole rings is 1. The van der Waals surface area contributed by atoms with E-state index in [0.29, 0.717) is 24.1 Å². The van der Waals surface area contributed by atoms with Crippen LogP contribution in [-0.4, -0.2) is 25.9 Å². The normalized spacial score (nSPS) is 11.4. The lowest BCUT2D eigenvalue weighted by atomic mass is 10.2. The number of hydrogen-bond acceptors (Lipinski definition) is 5. The Morgan fingerprint density at radius 2 is 1.89 bits per heavy atom. The third-order valence-electron chi connectivity index (χ3n) is 3.95. The number of para-hydroxylation sites is 1. The number of amides is 1. The number of fused-ring (bicyclic) bond motifs is 1. The van der Waals surface area contributed by atoms with E-state index in [0.717, 1.165) is 15.2 Å². The Morgan fingerprint density at radius 3 is 2.61 bits per heavy atom. The fraction of sp³-hybridized carbons (Fsp3) is 0.200. The van der Waals surface area contributed by atoms with Crippen molar-refractivity contribution in [3.05, 3.63) is 71.8 Å². The van der Waals surface area contributed by atoms with Crippen LogP contribution in [0.2, 0.25) is 0 Å². The first-order chi connectivity index (χ1) is 13.4. The third-order valence-corrected chi connectivity index (χ3v) is 6.36. The molecule has 0 unspecified atom stereocenters. The maximum atomic E-state index is 12.2. The summed E-state index contributed by atoms with van der Waals surface area (Å²) in [4.78, 5) is 16.7. The van der Waals surface area contributed by atoms with Gasteiger partial charge in [0.05, 0.1) is 21.0 Å². The van der Waals surface area contributed by atoms with E-state index in [-0.39, 0.29) is 18.2 Å². The molecule has 0 spiro atoms. The van der Waals surface area contributed by atoms with Crippen LogP contribution in [0.4, 0.5) is 5.69 Å². The molecule has 0 atom stereocenters. The second-order valence-electron chi connectivity index (χ2n) is 6.22. The summed E-state index contributed by atoms with van der Waals surface area (Å²) in [5.74, 6) is -0.223. The first kappa shape index (κ1) is 20.2. The molecule has 1 aromatic heterocycles. The van der Waals surface area contributed by atoms with Crippen LogP contribution in [-0.2, 0) is 27.0 Å². The van der Waals surface area contributed by atoms with Crippen molar-refractivity contribution < 1.29 is 13.2 Å². The third kappa shape index (κ3) is 5.72. The smallest absolute Gasteiger partial charge is 0.224 e. The van der Waals surface area contributed by atoms with Gasteiger partial charge in [0.15, 0.2) is 0 Å². The molecule has 0 bridgehead atoms. The van der Waals surface area contributed by atoms with Crippen molar-refractivity contribution in [2.24, 2.45) is 0 Å². The molecule has 146 valence electrons. The van der Waals surface area contributed by atoms with Crippen LogP contribution in [0.3, 0.4) is 0 Å². The zero-order valence-corrected chi connectivity index (χ0v) is 16.9. The number of anilines is 1. The molecule has 2 aromatic carbocycles. The number of nitrogens with zero attached hydrogens (tertiary/aromatic N) is 1. The van der Waals surface area contributed by atoms with E-state index in [1.165, 1.54) is 6.08 Å². The molecular formula is C20H21N3O3S2. The summed E-state index contributed by atoms with van der Waals surface area (Å²) in [6, 6.07) is 14.7. The van der Waals surface area contributed by atoms with Gasteiger partial charge in [-0.15, -0.1) is 17.9 Å². The van der Waals surface area contributed by atoms with Gasteiger partial charge in [-0.1, -0.05) is 30.3 Å². The second-order valence-corrected chi connectivity index (χ2v) is 9.14. The molecule has 1 amide bonds. The SMILES string of the molecule is C=CCNS(=O)(=O)Cc1ccc(NC(=O)CCc2nc3ccccc3s2)cc1. The summed E-state index contributed by atoms with van der Waals surface area (Å²) in [5.41, 5.74) is 2.23. The number of aryl methyl sites for hydroxylation is 1. The van der Waals surface area contributed by atoms with Crippen LogP contribution < -0.4 is 10.0 Å². The van der Waals surface area contributed by atoms with Crippen molar-refractivity contribution in [3.8, 4) is 0 Å². The molecule has 2 N–H and O–H groups in total. The molecule has 0 saturated heterocycles. The number of hydrogen-bond donors (Lipinski definition) is 2. The maximum absolute atomic E-state index is 12.2. The Labute approximate surface area is 168 Å². The van der Waals surface area contributed by atoms with E-state index in [1.807, 2.05) is 24.3 Å². The Hall–Kier alpha value is -2.55. The standard InChI is InChI=1S/C20H21N3O3S2/c1-2-13-21-28(25,26)14-15-7-9-16(10-8-15)22-19(24)11-12-20-23-17-5-3-4-6-18(17)27-20/h2-10,21H,1,11-14H2,(H,22,24). The van der Waals surface area contributed by atoms with Gasteiger partial charge in [0.1, 0.15) is 0 Å². The molecule has 0 radical (unpaired) electrons. The molecule has 0 saturated carbocycles. The summed E-state index contributed by atoms with van der Waals surface area (Å²) in [6.45, 7) is 3.68. The number of benzene rings is 2. The summed E-state index contributed by atoms with van der Waals surface area (Å²) in [5, 5.41) is 3.76. The van der Waals surface area contributed by atoms with Gasteiger partial charge in [0.25, 0.3) is 0 Å². The first-order valence-electron chi connectivity index (χ1n) is 8.77. The summed E-state index contributed by atoms with van der Waals surface area (Å²) in [6.07, 6.45) is 2.41. The zero-order valence-electron chi connectivity index (χ0n) is 15.2. The van der Waals surface area contributed by atoms with Crippen LogP contribution in [0, 0.1) is 0 Å². The molecule has 0 fully saturated rings. The number of aromatic nitrogens is 1. The first-order valence-corrected chi connectivity index (χ1v) is 11.2. The van der Waals surface area contributed by atoms with Gasteiger partial charge in [-0.3, -0.25) is 4.79 Å². The highest BCUT2D eigenvalue weighted by atomic mass is 32.2. The van der Waals surface area contributed by atoms with Crippen molar-refractivity contribution >= 4 is 43.2 Å². The van der Waals surface area contributed by atoms with Crippen molar-refractivity contribution in [1.29, 1.82) is 0 Å². The number of carbonyl (C=O) groups excluding carboxylic acids is 1. The van der Waals surface area contributed by atoms with Crippen LogP contribution in [0.25, 0.3) is 10.2 Å². The van der Waals surface area contributed by atoms with Crippen LogP contribution in [0.5, 0.6) is 0 Å². The van der Waals surface area contributed by atoms with Gasteiger partial charge in [0, 0.05) is 25.1 Å². The fourth-order valence-corrected chi connectivity index (χ4v) is 4.68. The zero-order chi connectivity index (χ0) is 20.0. The topological polar surface area (TPSA) is 88.2 Å². The Bertz CT molecular complexity index is 1040. The Kier molecular flexibility index (Phi) is 6.56. The molecule has 3 aromatic rings. The molecule has 0 aliphatic rings. The van der Waals surface area contributed by atoms with Crippen molar-refractivity contribution in [2.75, 3.05) is 11.9 Å². The highest BCUT2D eigenvalue weighted by Gasteiger charge is 2.11. The number of sulfonamides is 1. The lowest BCUT2D eigenvalue weighted by Gasteiger charge is -2.07. The minimum atomic E-state index is -3.40. The maximum Gasteiger partial charge on any atom is 0.224 e. The fourth-order valence-electron chi connectivity index (χ4n) is 2.61. The molecule has 0 aliphatic carbocycles. The lowest BCUT2D eigenvalue weighted by Crippen LogP contribution is -2.25. The largest absolute Gasteiger partial charge is 0.326 e. The van der Waals surface area contributed by atoms with E-state index < -0.39 is 10.0 Å². The number of carbonyl (C=O) groups is 1. The molecule has 0 aliphatic heterocycles. The quantitative estimate of drug-likeness (QED) is 0.524. The summed E-state index contributed by atoms with van der Waals surface area (Å²) >= 11 is 1.60. The highest BCUT2D eigenvalue weighted by molar-refractivity contribution is 7.88. The van der Waals surface area contributed by atoms with Crippen molar-refractivity contribution in [2.45, 2.75) is 18.6 Å². The van der Waals surface area contributed by atoms with E-state index >= 15 is 0 Å². The van der Waals surface area contributed by atoms with E-state index in [2.05, 4.69) is 21.6 Å². The molecule has 8 heteroatoms. The Balaban J connectivity index is 1.52. The van der Waals surface area contributed by atoms with Crippen molar-refractivity contribution in [3.63, 3.8) is 0 Å². The number of nitrogens with one attached hydrogen (secondary N) is 2. The average Bonchev–Trinajstić information content (AvgIpc) is 3.09. The highest BCUT2D eigenvalue weighted by Crippen LogP contribution is 2.22. The predicted octanol–water partition coefficient (Wildman–Crippen LogP) is 3.47.